The van der Waals surface area contributed by atoms with Gasteiger partial charge in [0, 0.05) is 24.4 Å². The Labute approximate surface area is 165 Å². The number of anilines is 2. The summed E-state index contributed by atoms with van der Waals surface area (Å²) in [5.74, 6) is 1.32. The van der Waals surface area contributed by atoms with E-state index in [-0.39, 0.29) is 11.8 Å². The van der Waals surface area contributed by atoms with Crippen molar-refractivity contribution in [3.8, 4) is 11.5 Å². The molecule has 0 saturated carbocycles. The number of carbonyl (C=O) groups excluding carboxylic acids is 2. The van der Waals surface area contributed by atoms with Gasteiger partial charge in [-0.2, -0.15) is 0 Å². The normalized spacial score (nSPS) is 10.8. The van der Waals surface area contributed by atoms with Crippen molar-refractivity contribution in [2.75, 3.05) is 24.4 Å². The minimum absolute atomic E-state index is 0.143. The zero-order valence-corrected chi connectivity index (χ0v) is 16.6. The molecule has 0 aromatic heterocycles. The van der Waals surface area contributed by atoms with Crippen molar-refractivity contribution in [3.63, 3.8) is 0 Å². The molecule has 0 atom stereocenters. The lowest BCUT2D eigenvalue weighted by atomic mass is 10.2. The lowest BCUT2D eigenvalue weighted by molar-refractivity contribution is -0.114. The van der Waals surface area contributed by atoms with Crippen LogP contribution in [0.3, 0.4) is 0 Å². The third kappa shape index (κ3) is 6.79. The van der Waals surface area contributed by atoms with Gasteiger partial charge in [-0.3, -0.25) is 9.59 Å². The average molecular weight is 382 g/mol. The van der Waals surface area contributed by atoms with Gasteiger partial charge in [-0.05, 0) is 54.0 Å². The third-order valence-electron chi connectivity index (χ3n) is 3.66. The number of nitrogens with one attached hydrogen (secondary N) is 2. The van der Waals surface area contributed by atoms with E-state index >= 15 is 0 Å². The number of benzene rings is 2. The zero-order valence-electron chi connectivity index (χ0n) is 16.6. The van der Waals surface area contributed by atoms with E-state index in [9.17, 15) is 9.59 Å². The maximum absolute atomic E-state index is 12.1. The first-order chi connectivity index (χ1) is 13.4. The predicted molar refractivity (Wildman–Crippen MR) is 112 cm³/mol. The van der Waals surface area contributed by atoms with Crippen molar-refractivity contribution in [3.05, 3.63) is 54.1 Å². The van der Waals surface area contributed by atoms with Crippen LogP contribution in [0.15, 0.2) is 48.5 Å². The highest BCUT2D eigenvalue weighted by atomic mass is 16.5. The third-order valence-corrected chi connectivity index (χ3v) is 3.66. The SMILES string of the molecule is COc1cc(/C=C/C(=O)Nc2ccc(NC(C)=O)cc2)ccc1OCC(C)C. The standard InChI is InChI=1S/C22H26N2O4/c1-15(2)14-28-20-11-5-17(13-21(20)27-4)6-12-22(26)24-19-9-7-18(8-10-19)23-16(3)25/h5-13,15H,14H2,1-4H3,(H,23,25)(H,24,26)/b12-6+. The average Bonchev–Trinajstić information content (AvgIpc) is 2.66. The van der Waals surface area contributed by atoms with Gasteiger partial charge in [0.05, 0.1) is 13.7 Å². The Kier molecular flexibility index (Phi) is 7.63. The summed E-state index contributed by atoms with van der Waals surface area (Å²) < 4.78 is 11.1. The van der Waals surface area contributed by atoms with Gasteiger partial charge in [0.25, 0.3) is 0 Å². The molecule has 2 aromatic rings. The fraction of sp³-hybridized carbons (Fsp3) is 0.273. The first-order valence-electron chi connectivity index (χ1n) is 9.05. The molecule has 0 heterocycles. The van der Waals surface area contributed by atoms with Gasteiger partial charge in [-0.1, -0.05) is 19.9 Å². The lowest BCUT2D eigenvalue weighted by Gasteiger charge is -2.12. The second kappa shape index (κ2) is 10.2. The van der Waals surface area contributed by atoms with Crippen LogP contribution in [0, 0.1) is 5.92 Å². The number of hydrogen-bond acceptors (Lipinski definition) is 4. The van der Waals surface area contributed by atoms with Gasteiger partial charge in [-0.15, -0.1) is 0 Å². The van der Waals surface area contributed by atoms with Gasteiger partial charge in [0.1, 0.15) is 0 Å². The Morgan fingerprint density at radius 2 is 1.64 bits per heavy atom. The molecule has 0 radical (unpaired) electrons. The number of carbonyl (C=O) groups is 2. The van der Waals surface area contributed by atoms with E-state index in [1.165, 1.54) is 13.0 Å². The van der Waals surface area contributed by atoms with Crippen LogP contribution in [-0.4, -0.2) is 25.5 Å². The van der Waals surface area contributed by atoms with Crippen molar-refractivity contribution in [1.82, 2.24) is 0 Å². The molecule has 2 N–H and O–H groups in total. The van der Waals surface area contributed by atoms with Crippen molar-refractivity contribution in [1.29, 1.82) is 0 Å². The summed E-state index contributed by atoms with van der Waals surface area (Å²) in [6, 6.07) is 12.4. The molecular weight excluding hydrogens is 356 g/mol. The molecule has 2 amide bonds. The van der Waals surface area contributed by atoms with Gasteiger partial charge >= 0.3 is 0 Å². The van der Waals surface area contributed by atoms with Gasteiger partial charge < -0.3 is 20.1 Å². The molecule has 6 heteroatoms. The van der Waals surface area contributed by atoms with Crippen molar-refractivity contribution in [2.24, 2.45) is 5.92 Å². The number of hydrogen-bond donors (Lipinski definition) is 2. The van der Waals surface area contributed by atoms with Crippen molar-refractivity contribution < 1.29 is 19.1 Å². The summed E-state index contributed by atoms with van der Waals surface area (Å²) in [5.41, 5.74) is 2.14. The lowest BCUT2D eigenvalue weighted by Crippen LogP contribution is -2.08. The summed E-state index contributed by atoms with van der Waals surface area (Å²) in [6.45, 7) is 6.21. The number of methoxy groups -OCH3 is 1. The fourth-order valence-electron chi connectivity index (χ4n) is 2.36. The highest BCUT2D eigenvalue weighted by molar-refractivity contribution is 6.02. The highest BCUT2D eigenvalue weighted by Crippen LogP contribution is 2.29. The molecule has 28 heavy (non-hydrogen) atoms. The van der Waals surface area contributed by atoms with Gasteiger partial charge in [0.2, 0.25) is 11.8 Å². The molecule has 0 aliphatic carbocycles. The Morgan fingerprint density at radius 3 is 2.21 bits per heavy atom. The van der Waals surface area contributed by atoms with Crippen LogP contribution in [-0.2, 0) is 9.59 Å². The molecule has 0 aliphatic rings. The molecule has 2 rings (SSSR count). The topological polar surface area (TPSA) is 76.7 Å². The van der Waals surface area contributed by atoms with Crippen LogP contribution < -0.4 is 20.1 Å². The highest BCUT2D eigenvalue weighted by Gasteiger charge is 2.06. The molecule has 0 unspecified atom stereocenters. The summed E-state index contributed by atoms with van der Waals surface area (Å²) in [6.07, 6.45) is 3.15. The fourth-order valence-corrected chi connectivity index (χ4v) is 2.36. The second-order valence-electron chi connectivity index (χ2n) is 6.70. The number of ether oxygens (including phenoxy) is 2. The van der Waals surface area contributed by atoms with E-state index in [0.29, 0.717) is 35.4 Å². The monoisotopic (exact) mass is 382 g/mol. The van der Waals surface area contributed by atoms with Crippen molar-refractivity contribution >= 4 is 29.3 Å². The van der Waals surface area contributed by atoms with Crippen LogP contribution in [0.5, 0.6) is 11.5 Å². The Bertz CT molecular complexity index is 842. The molecule has 2 aromatic carbocycles. The Balaban J connectivity index is 1.98. The zero-order chi connectivity index (χ0) is 20.5. The maximum atomic E-state index is 12.1. The summed E-state index contributed by atoms with van der Waals surface area (Å²) in [7, 11) is 1.59. The number of rotatable bonds is 8. The van der Waals surface area contributed by atoms with Crippen LogP contribution in [0.25, 0.3) is 6.08 Å². The largest absolute Gasteiger partial charge is 0.493 e. The minimum Gasteiger partial charge on any atom is -0.493 e. The van der Waals surface area contributed by atoms with Crippen molar-refractivity contribution in [2.45, 2.75) is 20.8 Å². The van der Waals surface area contributed by atoms with Gasteiger partial charge in [0.15, 0.2) is 11.5 Å². The molecule has 148 valence electrons. The Hall–Kier alpha value is -3.28. The summed E-state index contributed by atoms with van der Waals surface area (Å²) >= 11 is 0. The molecule has 0 aliphatic heterocycles. The first-order valence-corrected chi connectivity index (χ1v) is 9.05. The van der Waals surface area contributed by atoms with Gasteiger partial charge in [-0.25, -0.2) is 0 Å². The molecule has 0 spiro atoms. The molecule has 0 bridgehead atoms. The van der Waals surface area contributed by atoms with Crippen LogP contribution in [0.4, 0.5) is 11.4 Å². The summed E-state index contributed by atoms with van der Waals surface area (Å²) in [5, 5.41) is 5.45. The van der Waals surface area contributed by atoms with E-state index in [4.69, 9.17) is 9.47 Å². The first kappa shape index (κ1) is 21.0. The van der Waals surface area contributed by atoms with Crippen LogP contribution in [0.1, 0.15) is 26.3 Å². The van der Waals surface area contributed by atoms with E-state index in [0.717, 1.165) is 5.56 Å². The quantitative estimate of drug-likeness (QED) is 0.666. The molecule has 6 nitrogen and oxygen atoms in total. The van der Waals surface area contributed by atoms with E-state index < -0.39 is 0 Å². The molecule has 0 saturated heterocycles. The second-order valence-corrected chi connectivity index (χ2v) is 6.70. The Morgan fingerprint density at radius 1 is 1.00 bits per heavy atom. The molecular formula is C22H26N2O4. The predicted octanol–water partition coefficient (Wildman–Crippen LogP) is 4.34. The van der Waals surface area contributed by atoms with Crippen LogP contribution in [0.2, 0.25) is 0 Å². The van der Waals surface area contributed by atoms with E-state index in [1.807, 2.05) is 18.2 Å². The minimum atomic E-state index is -0.258. The number of amides is 2. The van der Waals surface area contributed by atoms with E-state index in [1.54, 1.807) is 37.5 Å². The smallest absolute Gasteiger partial charge is 0.248 e. The summed E-state index contributed by atoms with van der Waals surface area (Å²) in [4.78, 5) is 23.1. The van der Waals surface area contributed by atoms with E-state index in [2.05, 4.69) is 24.5 Å². The van der Waals surface area contributed by atoms with Crippen LogP contribution >= 0.6 is 0 Å². The molecule has 0 fully saturated rings. The maximum Gasteiger partial charge on any atom is 0.248 e.